The summed E-state index contributed by atoms with van der Waals surface area (Å²) >= 11 is 0. The van der Waals surface area contributed by atoms with Crippen LogP contribution in [-0.2, 0) is 0 Å². The zero-order valence-electron chi connectivity index (χ0n) is 6.09. The number of nitrogens with zero attached hydrogens (tertiary/aromatic N) is 1. The number of hydrogen-bond donors (Lipinski definition) is 0. The van der Waals surface area contributed by atoms with Crippen molar-refractivity contribution >= 4 is 0 Å². The minimum absolute atomic E-state index is 0.558. The molecule has 1 aliphatic rings. The zero-order valence-corrected chi connectivity index (χ0v) is 6.09. The highest BCUT2D eigenvalue weighted by Gasteiger charge is 2.13. The van der Waals surface area contributed by atoms with E-state index in [0.717, 1.165) is 12.2 Å². The Morgan fingerprint density at radius 1 is 1.78 bits per heavy atom. The van der Waals surface area contributed by atoms with Crippen LogP contribution in [0.3, 0.4) is 0 Å². The average Bonchev–Trinajstić information content (AvgIpc) is 2.12. The van der Waals surface area contributed by atoms with Crippen molar-refractivity contribution in [3.05, 3.63) is 24.4 Å². The van der Waals surface area contributed by atoms with Gasteiger partial charge in [0.2, 0.25) is 0 Å². The van der Waals surface area contributed by atoms with E-state index in [4.69, 9.17) is 0 Å². The van der Waals surface area contributed by atoms with Gasteiger partial charge >= 0.3 is 0 Å². The smallest absolute Gasteiger partial charge is 0.0448 e. The van der Waals surface area contributed by atoms with Crippen molar-refractivity contribution in [2.75, 3.05) is 6.54 Å². The van der Waals surface area contributed by atoms with E-state index in [1.807, 2.05) is 0 Å². The molecule has 0 radical (unpaired) electrons. The van der Waals surface area contributed by atoms with E-state index in [1.165, 1.54) is 0 Å². The summed E-state index contributed by atoms with van der Waals surface area (Å²) in [6.45, 7) is 9.28. The van der Waals surface area contributed by atoms with Gasteiger partial charge in [-0.1, -0.05) is 12.7 Å². The molecule has 9 heavy (non-hydrogen) atoms. The molecule has 0 aromatic carbocycles. The molecule has 1 atom stereocenters. The number of rotatable bonds is 1. The molecule has 0 bridgehead atoms. The van der Waals surface area contributed by atoms with Crippen molar-refractivity contribution in [1.29, 1.82) is 0 Å². The molecule has 0 fully saturated rings. The minimum Gasteiger partial charge on any atom is -0.366 e. The average molecular weight is 123 g/mol. The van der Waals surface area contributed by atoms with Crippen molar-refractivity contribution in [2.45, 2.75) is 19.9 Å². The second-order valence-corrected chi connectivity index (χ2v) is 2.38. The summed E-state index contributed by atoms with van der Waals surface area (Å²) in [5, 5.41) is 0. The third-order valence-electron chi connectivity index (χ3n) is 1.77. The Morgan fingerprint density at radius 2 is 2.44 bits per heavy atom. The molecule has 1 rings (SSSR count). The summed E-state index contributed by atoms with van der Waals surface area (Å²) in [6, 6.07) is 0.558. The van der Waals surface area contributed by atoms with Gasteiger partial charge in [0.05, 0.1) is 0 Å². The molecule has 1 nitrogen and oxygen atoms in total. The lowest BCUT2D eigenvalue weighted by molar-refractivity contribution is 0.352. The summed E-state index contributed by atoms with van der Waals surface area (Å²) in [4.78, 5) is 2.26. The molecular formula is C8H13N. The maximum atomic E-state index is 3.90. The van der Waals surface area contributed by atoms with Crippen LogP contribution in [0, 0.1) is 0 Å². The quantitative estimate of drug-likeness (QED) is 0.513. The second-order valence-electron chi connectivity index (χ2n) is 2.38. The molecule has 50 valence electrons. The first-order chi connectivity index (χ1) is 4.25. The van der Waals surface area contributed by atoms with Crippen molar-refractivity contribution in [3.63, 3.8) is 0 Å². The molecule has 0 saturated carbocycles. The molecule has 0 N–H and O–H groups in total. The van der Waals surface area contributed by atoms with Crippen LogP contribution >= 0.6 is 0 Å². The van der Waals surface area contributed by atoms with Crippen LogP contribution in [-0.4, -0.2) is 17.5 Å². The summed E-state index contributed by atoms with van der Waals surface area (Å²) in [7, 11) is 0. The van der Waals surface area contributed by atoms with Crippen LogP contribution in [0.25, 0.3) is 0 Å². The van der Waals surface area contributed by atoms with Crippen LogP contribution < -0.4 is 0 Å². The molecule has 1 aliphatic heterocycles. The van der Waals surface area contributed by atoms with Gasteiger partial charge in [0.25, 0.3) is 0 Å². The Morgan fingerprint density at radius 3 is 2.67 bits per heavy atom. The standard InChI is InChI=1S/C8H13N/c1-4-9-7(2)5-6-8(9)3/h5-6,8H,2,4H2,1,3H3. The van der Waals surface area contributed by atoms with E-state index in [2.05, 4.69) is 37.5 Å². The third-order valence-corrected chi connectivity index (χ3v) is 1.77. The van der Waals surface area contributed by atoms with Crippen molar-refractivity contribution in [1.82, 2.24) is 4.90 Å². The van der Waals surface area contributed by atoms with Gasteiger partial charge in [-0.25, -0.2) is 0 Å². The highest BCUT2D eigenvalue weighted by Crippen LogP contribution is 2.16. The maximum absolute atomic E-state index is 3.90. The lowest BCUT2D eigenvalue weighted by atomic mass is 10.3. The van der Waals surface area contributed by atoms with Crippen LogP contribution in [0.15, 0.2) is 24.4 Å². The maximum Gasteiger partial charge on any atom is 0.0448 e. The van der Waals surface area contributed by atoms with E-state index in [1.54, 1.807) is 0 Å². The summed E-state index contributed by atoms with van der Waals surface area (Å²) in [5.41, 5.74) is 1.14. The van der Waals surface area contributed by atoms with Crippen molar-refractivity contribution < 1.29 is 0 Å². The first-order valence-corrected chi connectivity index (χ1v) is 3.39. The largest absolute Gasteiger partial charge is 0.366 e. The lowest BCUT2D eigenvalue weighted by Gasteiger charge is -2.22. The number of hydrogen-bond acceptors (Lipinski definition) is 1. The van der Waals surface area contributed by atoms with E-state index < -0.39 is 0 Å². The zero-order chi connectivity index (χ0) is 6.85. The Bertz CT molecular complexity index is 147. The normalized spacial score (nSPS) is 25.8. The minimum atomic E-state index is 0.558. The molecule has 1 unspecified atom stereocenters. The SMILES string of the molecule is C=C1C=CC(C)N1CC. The van der Waals surface area contributed by atoms with Gasteiger partial charge in [-0.15, -0.1) is 0 Å². The Balaban J connectivity index is 2.63. The van der Waals surface area contributed by atoms with Gasteiger partial charge in [-0.2, -0.15) is 0 Å². The van der Waals surface area contributed by atoms with E-state index >= 15 is 0 Å². The van der Waals surface area contributed by atoms with Crippen molar-refractivity contribution in [2.24, 2.45) is 0 Å². The highest BCUT2D eigenvalue weighted by atomic mass is 15.2. The Labute approximate surface area is 56.7 Å². The lowest BCUT2D eigenvalue weighted by Crippen LogP contribution is -2.25. The van der Waals surface area contributed by atoms with Crippen LogP contribution in [0.4, 0.5) is 0 Å². The monoisotopic (exact) mass is 123 g/mol. The first-order valence-electron chi connectivity index (χ1n) is 3.39. The predicted molar refractivity (Wildman–Crippen MR) is 40.1 cm³/mol. The van der Waals surface area contributed by atoms with E-state index in [-0.39, 0.29) is 0 Å². The fourth-order valence-electron chi connectivity index (χ4n) is 1.20. The topological polar surface area (TPSA) is 3.24 Å². The number of allylic oxidation sites excluding steroid dienone is 1. The van der Waals surface area contributed by atoms with Gasteiger partial charge in [-0.05, 0) is 19.9 Å². The van der Waals surface area contributed by atoms with Crippen molar-refractivity contribution in [3.8, 4) is 0 Å². The third kappa shape index (κ3) is 0.995. The fourth-order valence-corrected chi connectivity index (χ4v) is 1.20. The molecule has 0 saturated heterocycles. The molecule has 1 heteroatoms. The molecule has 0 aromatic heterocycles. The first kappa shape index (κ1) is 6.40. The van der Waals surface area contributed by atoms with E-state index in [0.29, 0.717) is 6.04 Å². The molecule has 0 aromatic rings. The number of likely N-dealkylation sites (N-methyl/N-ethyl adjacent to an activating group) is 1. The second kappa shape index (κ2) is 2.26. The van der Waals surface area contributed by atoms with E-state index in [9.17, 15) is 0 Å². The summed E-state index contributed by atoms with van der Waals surface area (Å²) in [6.07, 6.45) is 4.25. The fraction of sp³-hybridized carbons (Fsp3) is 0.500. The molecule has 0 aliphatic carbocycles. The Hall–Kier alpha value is -0.720. The Kier molecular flexibility index (Phi) is 1.60. The van der Waals surface area contributed by atoms with Gasteiger partial charge in [0, 0.05) is 18.3 Å². The predicted octanol–water partition coefficient (Wildman–Crippen LogP) is 1.78. The van der Waals surface area contributed by atoms with Gasteiger partial charge in [0.1, 0.15) is 0 Å². The molecule has 1 heterocycles. The van der Waals surface area contributed by atoms with Crippen LogP contribution in [0.5, 0.6) is 0 Å². The molecular weight excluding hydrogens is 110 g/mol. The highest BCUT2D eigenvalue weighted by molar-refractivity contribution is 5.23. The van der Waals surface area contributed by atoms with Gasteiger partial charge < -0.3 is 4.90 Å². The molecule has 0 amide bonds. The summed E-state index contributed by atoms with van der Waals surface area (Å²) in [5.74, 6) is 0. The summed E-state index contributed by atoms with van der Waals surface area (Å²) < 4.78 is 0. The van der Waals surface area contributed by atoms with Gasteiger partial charge in [0.15, 0.2) is 0 Å². The molecule has 0 spiro atoms. The van der Waals surface area contributed by atoms with Crippen LogP contribution in [0.2, 0.25) is 0 Å². The van der Waals surface area contributed by atoms with Crippen LogP contribution in [0.1, 0.15) is 13.8 Å². The van der Waals surface area contributed by atoms with Gasteiger partial charge in [-0.3, -0.25) is 0 Å².